The van der Waals surface area contributed by atoms with Gasteiger partial charge in [-0.3, -0.25) is 14.3 Å². The Morgan fingerprint density at radius 1 is 1.22 bits per heavy atom. The van der Waals surface area contributed by atoms with Gasteiger partial charge in [0.25, 0.3) is 5.91 Å². The van der Waals surface area contributed by atoms with E-state index in [0.717, 1.165) is 31.4 Å². The van der Waals surface area contributed by atoms with E-state index in [4.69, 9.17) is 0 Å². The molecule has 2 amide bonds. The van der Waals surface area contributed by atoms with Crippen molar-refractivity contribution < 1.29 is 14.0 Å². The molecule has 1 fully saturated rings. The molecule has 1 atom stereocenters. The highest BCUT2D eigenvalue weighted by Gasteiger charge is 2.48. The molecule has 1 N–H and O–H groups in total. The molecule has 7 heteroatoms. The molecule has 2 aromatic rings. The molecule has 0 spiro atoms. The third-order valence-corrected chi connectivity index (χ3v) is 6.82. The topological polar surface area (TPSA) is 67.2 Å². The van der Waals surface area contributed by atoms with Crippen molar-refractivity contribution in [1.29, 1.82) is 0 Å². The molecule has 6 nitrogen and oxygen atoms in total. The third-order valence-electron chi connectivity index (χ3n) is 6.82. The number of amides is 2. The number of fused-ring (bicyclic) bond motifs is 1. The summed E-state index contributed by atoms with van der Waals surface area (Å²) in [4.78, 5) is 28.8. The standard InChI is InChI=1S/C25H33FN4O2/c1-17(2)21-14-22-23(31)29(15-18-9-8-10-19(26)13-18)25(3,16-30(22)28-21)24(32)27-20-11-6-4-5-7-12-20/h8-10,13-14,17,20H,4-7,11-12,15-16H2,1-3H3,(H,27,32)/t25-/m0/s1. The van der Waals surface area contributed by atoms with Gasteiger partial charge in [0.15, 0.2) is 0 Å². The van der Waals surface area contributed by atoms with Crippen molar-refractivity contribution in [3.05, 3.63) is 53.1 Å². The largest absolute Gasteiger partial charge is 0.351 e. The zero-order chi connectivity index (χ0) is 22.9. The van der Waals surface area contributed by atoms with E-state index in [-0.39, 0.29) is 42.7 Å². The second-order valence-corrected chi connectivity index (χ2v) is 9.72. The van der Waals surface area contributed by atoms with E-state index in [9.17, 15) is 14.0 Å². The number of hydrogen-bond acceptors (Lipinski definition) is 3. The van der Waals surface area contributed by atoms with Crippen LogP contribution in [0.25, 0.3) is 0 Å². The summed E-state index contributed by atoms with van der Waals surface area (Å²) in [6.07, 6.45) is 6.53. The van der Waals surface area contributed by atoms with Crippen LogP contribution in [-0.2, 0) is 17.9 Å². The van der Waals surface area contributed by atoms with Crippen molar-refractivity contribution >= 4 is 11.8 Å². The minimum atomic E-state index is -1.12. The number of benzene rings is 1. The number of rotatable bonds is 5. The highest BCUT2D eigenvalue weighted by Crippen LogP contribution is 2.31. The Balaban J connectivity index is 1.68. The van der Waals surface area contributed by atoms with Gasteiger partial charge in [0.2, 0.25) is 5.91 Å². The molecular weight excluding hydrogens is 407 g/mol. The minimum absolute atomic E-state index is 0.123. The molecule has 2 aliphatic rings. The van der Waals surface area contributed by atoms with Gasteiger partial charge in [0, 0.05) is 12.6 Å². The first-order valence-corrected chi connectivity index (χ1v) is 11.7. The maximum absolute atomic E-state index is 13.9. The van der Waals surface area contributed by atoms with Gasteiger partial charge in [-0.2, -0.15) is 5.10 Å². The molecule has 32 heavy (non-hydrogen) atoms. The zero-order valence-corrected chi connectivity index (χ0v) is 19.2. The van der Waals surface area contributed by atoms with Gasteiger partial charge in [0.1, 0.15) is 17.1 Å². The first-order chi connectivity index (χ1) is 15.3. The Bertz CT molecular complexity index is 994. The maximum Gasteiger partial charge on any atom is 0.273 e. The summed E-state index contributed by atoms with van der Waals surface area (Å²) in [5.74, 6) is -0.604. The zero-order valence-electron chi connectivity index (χ0n) is 19.2. The van der Waals surface area contributed by atoms with Crippen molar-refractivity contribution in [2.45, 2.75) is 89.9 Å². The summed E-state index contributed by atoms with van der Waals surface area (Å²) in [7, 11) is 0. The van der Waals surface area contributed by atoms with Gasteiger partial charge in [-0.15, -0.1) is 0 Å². The van der Waals surface area contributed by atoms with Crippen LogP contribution in [0.1, 0.15) is 87.0 Å². The maximum atomic E-state index is 13.9. The van der Waals surface area contributed by atoms with Gasteiger partial charge in [0.05, 0.1) is 12.2 Å². The highest BCUT2D eigenvalue weighted by molar-refractivity contribution is 5.99. The normalized spacial score (nSPS) is 22.0. The fourth-order valence-electron chi connectivity index (χ4n) is 4.77. The first kappa shape index (κ1) is 22.5. The van der Waals surface area contributed by atoms with Crippen molar-refractivity contribution in [2.75, 3.05) is 0 Å². The fraction of sp³-hybridized carbons (Fsp3) is 0.560. The molecule has 4 rings (SSSR count). The van der Waals surface area contributed by atoms with Crippen LogP contribution in [0.2, 0.25) is 0 Å². The van der Waals surface area contributed by atoms with Crippen molar-refractivity contribution in [3.63, 3.8) is 0 Å². The lowest BCUT2D eigenvalue weighted by Crippen LogP contribution is -2.64. The Morgan fingerprint density at radius 3 is 2.59 bits per heavy atom. The van der Waals surface area contributed by atoms with E-state index in [2.05, 4.69) is 10.4 Å². The average molecular weight is 441 g/mol. The van der Waals surface area contributed by atoms with Crippen LogP contribution >= 0.6 is 0 Å². The number of hydrogen-bond donors (Lipinski definition) is 1. The second-order valence-electron chi connectivity index (χ2n) is 9.72. The Hall–Kier alpha value is -2.70. The molecule has 1 aromatic carbocycles. The van der Waals surface area contributed by atoms with E-state index in [0.29, 0.717) is 11.3 Å². The van der Waals surface area contributed by atoms with Crippen molar-refractivity contribution in [2.24, 2.45) is 0 Å². The quantitative estimate of drug-likeness (QED) is 0.701. The van der Waals surface area contributed by atoms with E-state index in [1.165, 1.54) is 25.0 Å². The molecule has 1 aliphatic carbocycles. The molecule has 0 saturated heterocycles. The van der Waals surface area contributed by atoms with E-state index < -0.39 is 5.54 Å². The van der Waals surface area contributed by atoms with Crippen LogP contribution in [0.3, 0.4) is 0 Å². The molecule has 172 valence electrons. The van der Waals surface area contributed by atoms with Crippen LogP contribution < -0.4 is 5.32 Å². The summed E-state index contributed by atoms with van der Waals surface area (Å²) < 4.78 is 15.5. The van der Waals surface area contributed by atoms with Crippen molar-refractivity contribution in [1.82, 2.24) is 20.0 Å². The predicted molar refractivity (Wildman–Crippen MR) is 121 cm³/mol. The summed E-state index contributed by atoms with van der Waals surface area (Å²) in [6, 6.07) is 8.15. The van der Waals surface area contributed by atoms with Crippen LogP contribution in [0.4, 0.5) is 4.39 Å². The number of aromatic nitrogens is 2. The van der Waals surface area contributed by atoms with Gasteiger partial charge < -0.3 is 10.2 Å². The smallest absolute Gasteiger partial charge is 0.273 e. The summed E-state index contributed by atoms with van der Waals surface area (Å²) in [5, 5.41) is 7.85. The molecule has 1 aromatic heterocycles. The Labute approximate surface area is 189 Å². The van der Waals surface area contributed by atoms with Gasteiger partial charge >= 0.3 is 0 Å². The van der Waals surface area contributed by atoms with Crippen molar-refractivity contribution in [3.8, 4) is 0 Å². The summed E-state index contributed by atoms with van der Waals surface area (Å²) in [5.41, 5.74) is 0.837. The lowest BCUT2D eigenvalue weighted by atomic mass is 9.93. The summed E-state index contributed by atoms with van der Waals surface area (Å²) in [6.45, 7) is 6.29. The van der Waals surface area contributed by atoms with Crippen LogP contribution in [0.5, 0.6) is 0 Å². The second kappa shape index (κ2) is 9.04. The lowest BCUT2D eigenvalue weighted by molar-refractivity contribution is -0.134. The molecule has 1 aliphatic heterocycles. The van der Waals surface area contributed by atoms with E-state index in [1.807, 2.05) is 19.9 Å². The number of halogens is 1. The van der Waals surface area contributed by atoms with E-state index in [1.54, 1.807) is 28.6 Å². The molecular formula is C25H33FN4O2. The van der Waals surface area contributed by atoms with Crippen LogP contribution in [0, 0.1) is 5.82 Å². The highest BCUT2D eigenvalue weighted by atomic mass is 19.1. The average Bonchev–Trinajstić information content (AvgIpc) is 3.00. The van der Waals surface area contributed by atoms with Gasteiger partial charge in [-0.05, 0) is 49.4 Å². The number of nitrogens with one attached hydrogen (secondary N) is 1. The molecule has 0 radical (unpaired) electrons. The van der Waals surface area contributed by atoms with Gasteiger partial charge in [-0.25, -0.2) is 4.39 Å². The van der Waals surface area contributed by atoms with Crippen LogP contribution in [-0.4, -0.2) is 38.1 Å². The van der Waals surface area contributed by atoms with Crippen LogP contribution in [0.15, 0.2) is 30.3 Å². The SMILES string of the molecule is CC(C)c1cc2n(n1)C[C@@](C)(C(=O)NC1CCCCCC1)N(Cc1cccc(F)c1)C2=O. The van der Waals surface area contributed by atoms with E-state index >= 15 is 0 Å². The molecule has 1 saturated carbocycles. The Kier molecular flexibility index (Phi) is 6.35. The molecule has 0 unspecified atom stereocenters. The number of carbonyl (C=O) groups excluding carboxylic acids is 2. The van der Waals surface area contributed by atoms with Gasteiger partial charge in [-0.1, -0.05) is 51.7 Å². The first-order valence-electron chi connectivity index (χ1n) is 11.7. The fourth-order valence-corrected chi connectivity index (χ4v) is 4.77. The summed E-state index contributed by atoms with van der Waals surface area (Å²) >= 11 is 0. The minimum Gasteiger partial charge on any atom is -0.351 e. The predicted octanol–water partition coefficient (Wildman–Crippen LogP) is 4.40. The number of nitrogens with zero attached hydrogens (tertiary/aromatic N) is 3. The monoisotopic (exact) mass is 440 g/mol. The third kappa shape index (κ3) is 4.43. The number of carbonyl (C=O) groups is 2. The lowest BCUT2D eigenvalue weighted by Gasteiger charge is -2.44. The molecule has 2 heterocycles. The molecule has 0 bridgehead atoms. The Morgan fingerprint density at radius 2 is 1.94 bits per heavy atom.